The molecule has 1 heterocycles. The molecule has 0 spiro atoms. The Balaban J connectivity index is 2.12. The van der Waals surface area contributed by atoms with Crippen LogP contribution in [0.2, 0.25) is 5.02 Å². The predicted octanol–water partition coefficient (Wildman–Crippen LogP) is 2.37. The van der Waals surface area contributed by atoms with Gasteiger partial charge in [0.15, 0.2) is 0 Å². The van der Waals surface area contributed by atoms with Gasteiger partial charge in [0.1, 0.15) is 0 Å². The number of hydrogen-bond acceptors (Lipinski definition) is 5. The van der Waals surface area contributed by atoms with Gasteiger partial charge in [0.05, 0.1) is 23.7 Å². The lowest BCUT2D eigenvalue weighted by atomic mass is 10.2. The smallest absolute Gasteiger partial charge is 0.249 e. The summed E-state index contributed by atoms with van der Waals surface area (Å²) in [5, 5.41) is 17.6. The summed E-state index contributed by atoms with van der Waals surface area (Å²) in [5.74, 6) is 0.878. The molecule has 0 aliphatic carbocycles. The molecule has 1 aromatic heterocycles. The number of aliphatic hydroxyl groups is 1. The maximum atomic E-state index is 9.00. The van der Waals surface area contributed by atoms with Crippen LogP contribution >= 0.6 is 11.6 Å². The summed E-state index contributed by atoms with van der Waals surface area (Å²) in [7, 11) is 0. The summed E-state index contributed by atoms with van der Waals surface area (Å²) in [5.41, 5.74) is 0.713. The second-order valence-electron chi connectivity index (χ2n) is 4.23. The molecule has 0 fully saturated rings. The molecule has 0 atom stereocenters. The molecular weight excluding hydrogens is 278 g/mol. The maximum absolute atomic E-state index is 9.00. The summed E-state index contributed by atoms with van der Waals surface area (Å²) in [6.07, 6.45) is 1.76. The number of benzene rings is 1. The van der Waals surface area contributed by atoms with Crippen molar-refractivity contribution in [2.75, 3.05) is 19.7 Å². The molecule has 0 unspecified atom stereocenters. The average molecular weight is 294 g/mol. The molecule has 0 saturated carbocycles. The first kappa shape index (κ1) is 14.7. The molecule has 6 heteroatoms. The SMILES string of the molecule is C=CCN(CCO)Cc1nnc(-c2ccccc2Cl)o1. The zero-order valence-electron chi connectivity index (χ0n) is 11.0. The Morgan fingerprint density at radius 2 is 2.15 bits per heavy atom. The molecule has 5 nitrogen and oxygen atoms in total. The molecule has 0 aliphatic rings. The third kappa shape index (κ3) is 3.66. The van der Waals surface area contributed by atoms with Gasteiger partial charge in [-0.15, -0.1) is 16.8 Å². The number of hydrogen-bond donors (Lipinski definition) is 1. The van der Waals surface area contributed by atoms with E-state index in [1.54, 1.807) is 12.1 Å². The van der Waals surface area contributed by atoms with Crippen LogP contribution in [0.25, 0.3) is 11.5 Å². The van der Waals surface area contributed by atoms with E-state index in [2.05, 4.69) is 16.8 Å². The molecule has 2 aromatic rings. The van der Waals surface area contributed by atoms with Gasteiger partial charge in [0, 0.05) is 13.1 Å². The molecule has 0 amide bonds. The normalized spacial score (nSPS) is 10.9. The fourth-order valence-electron chi connectivity index (χ4n) is 1.81. The maximum Gasteiger partial charge on any atom is 0.249 e. The fourth-order valence-corrected chi connectivity index (χ4v) is 2.03. The van der Waals surface area contributed by atoms with Crippen LogP contribution in [-0.2, 0) is 6.54 Å². The lowest BCUT2D eigenvalue weighted by molar-refractivity contribution is 0.192. The van der Waals surface area contributed by atoms with E-state index in [0.717, 1.165) is 0 Å². The van der Waals surface area contributed by atoms with Gasteiger partial charge in [0.2, 0.25) is 11.8 Å². The highest BCUT2D eigenvalue weighted by Crippen LogP contribution is 2.26. The molecule has 1 N–H and O–H groups in total. The van der Waals surface area contributed by atoms with Crippen molar-refractivity contribution in [2.45, 2.75) is 6.54 Å². The van der Waals surface area contributed by atoms with Gasteiger partial charge in [-0.1, -0.05) is 29.8 Å². The molecule has 106 valence electrons. The van der Waals surface area contributed by atoms with E-state index in [0.29, 0.717) is 42.0 Å². The Kier molecular flexibility index (Phi) is 5.29. The van der Waals surface area contributed by atoms with Crippen LogP contribution in [0.1, 0.15) is 5.89 Å². The van der Waals surface area contributed by atoms with Gasteiger partial charge in [-0.05, 0) is 12.1 Å². The Morgan fingerprint density at radius 1 is 1.35 bits per heavy atom. The van der Waals surface area contributed by atoms with Crippen LogP contribution in [0.5, 0.6) is 0 Å². The van der Waals surface area contributed by atoms with Crippen LogP contribution in [0, 0.1) is 0 Å². The van der Waals surface area contributed by atoms with Crippen molar-refractivity contribution < 1.29 is 9.52 Å². The largest absolute Gasteiger partial charge is 0.419 e. The van der Waals surface area contributed by atoms with Gasteiger partial charge in [-0.3, -0.25) is 4.90 Å². The zero-order chi connectivity index (χ0) is 14.4. The first-order chi connectivity index (χ1) is 9.74. The summed E-state index contributed by atoms with van der Waals surface area (Å²) in [6.45, 7) is 5.38. The van der Waals surface area contributed by atoms with Crippen molar-refractivity contribution >= 4 is 11.6 Å². The van der Waals surface area contributed by atoms with Crippen molar-refractivity contribution in [1.29, 1.82) is 0 Å². The number of halogens is 1. The minimum atomic E-state index is 0.0688. The van der Waals surface area contributed by atoms with Crippen LogP contribution in [0.4, 0.5) is 0 Å². The van der Waals surface area contributed by atoms with E-state index in [9.17, 15) is 0 Å². The molecule has 20 heavy (non-hydrogen) atoms. The second-order valence-corrected chi connectivity index (χ2v) is 4.64. The number of aliphatic hydroxyl groups excluding tert-OH is 1. The fraction of sp³-hybridized carbons (Fsp3) is 0.286. The molecular formula is C14H16ClN3O2. The summed E-state index contributed by atoms with van der Waals surface area (Å²) >= 11 is 6.09. The first-order valence-electron chi connectivity index (χ1n) is 6.26. The lowest BCUT2D eigenvalue weighted by Gasteiger charge is -2.16. The minimum absolute atomic E-state index is 0.0688. The highest BCUT2D eigenvalue weighted by atomic mass is 35.5. The lowest BCUT2D eigenvalue weighted by Crippen LogP contribution is -2.26. The molecule has 0 bridgehead atoms. The second kappa shape index (κ2) is 7.19. The molecule has 1 aromatic carbocycles. The zero-order valence-corrected chi connectivity index (χ0v) is 11.8. The number of aromatic nitrogens is 2. The molecule has 0 aliphatic heterocycles. The van der Waals surface area contributed by atoms with E-state index >= 15 is 0 Å². The Labute approximate surface area is 122 Å². The monoisotopic (exact) mass is 293 g/mol. The topological polar surface area (TPSA) is 62.4 Å². The average Bonchev–Trinajstić information content (AvgIpc) is 2.88. The van der Waals surface area contributed by atoms with E-state index in [4.69, 9.17) is 21.1 Å². The number of rotatable bonds is 7. The van der Waals surface area contributed by atoms with Crippen molar-refractivity contribution in [1.82, 2.24) is 15.1 Å². The molecule has 0 radical (unpaired) electrons. The molecule has 0 saturated heterocycles. The minimum Gasteiger partial charge on any atom is -0.419 e. The van der Waals surface area contributed by atoms with E-state index < -0.39 is 0 Å². The summed E-state index contributed by atoms with van der Waals surface area (Å²) in [6, 6.07) is 7.31. The van der Waals surface area contributed by atoms with Gasteiger partial charge in [0.25, 0.3) is 0 Å². The van der Waals surface area contributed by atoms with Gasteiger partial charge < -0.3 is 9.52 Å². The van der Waals surface area contributed by atoms with Gasteiger partial charge in [-0.25, -0.2) is 0 Å². The Hall–Kier alpha value is -1.69. The quantitative estimate of drug-likeness (QED) is 0.794. The standard InChI is InChI=1S/C14H16ClN3O2/c1-2-7-18(8-9-19)10-13-16-17-14(20-13)11-5-3-4-6-12(11)15/h2-6,19H,1,7-10H2. The van der Waals surface area contributed by atoms with Crippen molar-refractivity contribution in [3.8, 4) is 11.5 Å². The van der Waals surface area contributed by atoms with Gasteiger partial charge >= 0.3 is 0 Å². The highest BCUT2D eigenvalue weighted by molar-refractivity contribution is 6.33. The molecule has 2 rings (SSSR count). The van der Waals surface area contributed by atoms with Gasteiger partial charge in [-0.2, -0.15) is 0 Å². The third-order valence-electron chi connectivity index (χ3n) is 2.73. The predicted molar refractivity (Wildman–Crippen MR) is 77.3 cm³/mol. The van der Waals surface area contributed by atoms with E-state index in [1.807, 2.05) is 23.1 Å². The van der Waals surface area contributed by atoms with E-state index in [-0.39, 0.29) is 6.61 Å². The van der Waals surface area contributed by atoms with Crippen LogP contribution in [0.3, 0.4) is 0 Å². The summed E-state index contributed by atoms with van der Waals surface area (Å²) in [4.78, 5) is 1.96. The Bertz CT molecular complexity index is 571. The van der Waals surface area contributed by atoms with Crippen molar-refractivity contribution in [3.63, 3.8) is 0 Å². The number of nitrogens with zero attached hydrogens (tertiary/aromatic N) is 3. The highest BCUT2D eigenvalue weighted by Gasteiger charge is 2.13. The van der Waals surface area contributed by atoms with Crippen LogP contribution < -0.4 is 0 Å². The Morgan fingerprint density at radius 3 is 2.85 bits per heavy atom. The third-order valence-corrected chi connectivity index (χ3v) is 3.06. The van der Waals surface area contributed by atoms with Crippen molar-refractivity contribution in [3.05, 3.63) is 47.8 Å². The van der Waals surface area contributed by atoms with Crippen molar-refractivity contribution in [2.24, 2.45) is 0 Å². The van der Waals surface area contributed by atoms with Crippen LogP contribution in [0.15, 0.2) is 41.3 Å². The summed E-state index contributed by atoms with van der Waals surface area (Å²) < 4.78 is 5.61. The van der Waals surface area contributed by atoms with Crippen LogP contribution in [-0.4, -0.2) is 39.9 Å². The first-order valence-corrected chi connectivity index (χ1v) is 6.63. The van der Waals surface area contributed by atoms with E-state index in [1.165, 1.54) is 0 Å².